The van der Waals surface area contributed by atoms with Crippen LogP contribution in [0.25, 0.3) is 0 Å². The summed E-state index contributed by atoms with van der Waals surface area (Å²) in [7, 11) is -3.82. The summed E-state index contributed by atoms with van der Waals surface area (Å²) in [5.41, 5.74) is 2.42. The Morgan fingerprint density at radius 3 is 2.29 bits per heavy atom. The van der Waals surface area contributed by atoms with Crippen LogP contribution in [0.1, 0.15) is 28.4 Å². The molecule has 0 aliphatic heterocycles. The number of hydrogen-bond donors (Lipinski definition) is 2. The average Bonchev–Trinajstić information content (AvgIpc) is 2.73. The molecule has 3 aromatic carbocycles. The molecule has 0 aliphatic rings. The lowest BCUT2D eigenvalue weighted by atomic mass is 10.1. The number of amides is 1. The zero-order valence-corrected chi connectivity index (χ0v) is 18.6. The predicted molar refractivity (Wildman–Crippen MR) is 122 cm³/mol. The topological polar surface area (TPSA) is 84.5 Å². The van der Waals surface area contributed by atoms with Gasteiger partial charge in [-0.2, -0.15) is 0 Å². The van der Waals surface area contributed by atoms with Crippen LogP contribution in [-0.4, -0.2) is 27.0 Å². The summed E-state index contributed by atoms with van der Waals surface area (Å²) in [5.74, 6) is 0.373. The molecule has 0 unspecified atom stereocenters. The Labute approximate surface area is 183 Å². The molecule has 1 atom stereocenters. The molecule has 0 spiro atoms. The summed E-state index contributed by atoms with van der Waals surface area (Å²) in [6, 6.07) is 20.4. The van der Waals surface area contributed by atoms with E-state index in [-0.39, 0.29) is 34.7 Å². The van der Waals surface area contributed by atoms with Crippen molar-refractivity contribution in [3.05, 3.63) is 89.5 Å². The molecule has 0 aromatic heterocycles. The highest BCUT2D eigenvalue weighted by Crippen LogP contribution is 2.21. The standard InChI is InChI=1S/C24H26N2O4S/c1-17-12-14-20(15-13-17)31(28,29)26-22-10-6-5-9-21(22)24(27)25-19(3)16-30-23-11-7-4-8-18(23)2/h4-15,19,26H,16H2,1-3H3,(H,25,27)/t19-/m0/s1. The molecule has 6 nitrogen and oxygen atoms in total. The molecule has 0 aliphatic carbocycles. The van der Waals surface area contributed by atoms with E-state index in [2.05, 4.69) is 10.0 Å². The monoisotopic (exact) mass is 438 g/mol. The number of benzene rings is 3. The fraction of sp³-hybridized carbons (Fsp3) is 0.208. The Morgan fingerprint density at radius 1 is 0.935 bits per heavy atom. The summed E-state index contributed by atoms with van der Waals surface area (Å²) >= 11 is 0. The van der Waals surface area contributed by atoms with E-state index in [0.717, 1.165) is 16.9 Å². The Bertz CT molecular complexity index is 1160. The number of carbonyl (C=O) groups is 1. The molecule has 31 heavy (non-hydrogen) atoms. The number of ether oxygens (including phenoxy) is 1. The second-order valence-corrected chi connectivity index (χ2v) is 9.10. The summed E-state index contributed by atoms with van der Waals surface area (Å²) < 4.78 is 33.8. The smallest absolute Gasteiger partial charge is 0.261 e. The van der Waals surface area contributed by atoms with Crippen molar-refractivity contribution in [1.82, 2.24) is 5.32 Å². The van der Waals surface area contributed by atoms with E-state index >= 15 is 0 Å². The Morgan fingerprint density at radius 2 is 1.58 bits per heavy atom. The molecule has 1 amide bonds. The van der Waals surface area contributed by atoms with Crippen LogP contribution in [0, 0.1) is 13.8 Å². The van der Waals surface area contributed by atoms with Crippen LogP contribution in [0.3, 0.4) is 0 Å². The van der Waals surface area contributed by atoms with Crippen molar-refractivity contribution in [2.75, 3.05) is 11.3 Å². The zero-order chi connectivity index (χ0) is 22.4. The van der Waals surface area contributed by atoms with Crippen LogP contribution < -0.4 is 14.8 Å². The number of para-hydroxylation sites is 2. The minimum atomic E-state index is -3.82. The Balaban J connectivity index is 1.69. The number of sulfonamides is 1. The van der Waals surface area contributed by atoms with E-state index < -0.39 is 10.0 Å². The second-order valence-electron chi connectivity index (χ2n) is 7.42. The quantitative estimate of drug-likeness (QED) is 0.549. The largest absolute Gasteiger partial charge is 0.491 e. The second kappa shape index (κ2) is 9.66. The highest BCUT2D eigenvalue weighted by atomic mass is 32.2. The van der Waals surface area contributed by atoms with Crippen molar-refractivity contribution < 1.29 is 17.9 Å². The van der Waals surface area contributed by atoms with Crippen LogP contribution in [0.2, 0.25) is 0 Å². The van der Waals surface area contributed by atoms with E-state index in [1.807, 2.05) is 45.0 Å². The molecule has 0 bridgehead atoms. The van der Waals surface area contributed by atoms with Gasteiger partial charge in [-0.1, -0.05) is 48.0 Å². The predicted octanol–water partition coefficient (Wildman–Crippen LogP) is 4.30. The van der Waals surface area contributed by atoms with Crippen molar-refractivity contribution in [2.24, 2.45) is 0 Å². The van der Waals surface area contributed by atoms with Crippen molar-refractivity contribution >= 4 is 21.6 Å². The first-order valence-corrected chi connectivity index (χ1v) is 11.4. The van der Waals surface area contributed by atoms with Gasteiger partial charge in [0, 0.05) is 0 Å². The third kappa shape index (κ3) is 5.86. The van der Waals surface area contributed by atoms with Gasteiger partial charge >= 0.3 is 0 Å². The lowest BCUT2D eigenvalue weighted by Crippen LogP contribution is -2.37. The molecular formula is C24H26N2O4S. The van der Waals surface area contributed by atoms with Crippen molar-refractivity contribution in [1.29, 1.82) is 0 Å². The lowest BCUT2D eigenvalue weighted by Gasteiger charge is -2.18. The van der Waals surface area contributed by atoms with Gasteiger partial charge in [0.15, 0.2) is 0 Å². The first kappa shape index (κ1) is 22.4. The summed E-state index contributed by atoms with van der Waals surface area (Å²) in [6.07, 6.45) is 0. The number of carbonyl (C=O) groups excluding carboxylic acids is 1. The van der Waals surface area contributed by atoms with Gasteiger partial charge in [-0.3, -0.25) is 9.52 Å². The highest BCUT2D eigenvalue weighted by molar-refractivity contribution is 7.92. The number of anilines is 1. The number of rotatable bonds is 8. The van der Waals surface area contributed by atoms with E-state index in [1.165, 1.54) is 12.1 Å². The summed E-state index contributed by atoms with van der Waals surface area (Å²) in [4.78, 5) is 13.0. The minimum absolute atomic E-state index is 0.133. The lowest BCUT2D eigenvalue weighted by molar-refractivity contribution is 0.0927. The maximum Gasteiger partial charge on any atom is 0.261 e. The third-order valence-electron chi connectivity index (χ3n) is 4.71. The van der Waals surface area contributed by atoms with Crippen LogP contribution in [0.5, 0.6) is 5.75 Å². The minimum Gasteiger partial charge on any atom is -0.491 e. The molecule has 7 heteroatoms. The number of aryl methyl sites for hydroxylation is 2. The molecule has 2 N–H and O–H groups in total. The van der Waals surface area contributed by atoms with Gasteiger partial charge in [-0.05, 0) is 56.7 Å². The molecule has 0 saturated heterocycles. The third-order valence-corrected chi connectivity index (χ3v) is 6.09. The molecule has 0 fully saturated rings. The van der Waals surface area contributed by atoms with E-state index in [1.54, 1.807) is 36.4 Å². The van der Waals surface area contributed by atoms with E-state index in [9.17, 15) is 13.2 Å². The van der Waals surface area contributed by atoms with Gasteiger partial charge in [0.2, 0.25) is 0 Å². The number of nitrogens with one attached hydrogen (secondary N) is 2. The Kier molecular flexibility index (Phi) is 6.97. The first-order chi connectivity index (χ1) is 14.8. The normalized spacial score (nSPS) is 12.1. The van der Waals surface area contributed by atoms with Crippen LogP contribution in [0.4, 0.5) is 5.69 Å². The maximum absolute atomic E-state index is 12.8. The fourth-order valence-electron chi connectivity index (χ4n) is 2.97. The van der Waals surface area contributed by atoms with Crippen LogP contribution in [-0.2, 0) is 10.0 Å². The average molecular weight is 439 g/mol. The van der Waals surface area contributed by atoms with Crippen molar-refractivity contribution in [3.63, 3.8) is 0 Å². The molecular weight excluding hydrogens is 412 g/mol. The zero-order valence-electron chi connectivity index (χ0n) is 17.8. The van der Waals surface area contributed by atoms with Gasteiger partial charge in [0.25, 0.3) is 15.9 Å². The maximum atomic E-state index is 12.8. The summed E-state index contributed by atoms with van der Waals surface area (Å²) in [5, 5.41) is 2.86. The van der Waals surface area contributed by atoms with Gasteiger partial charge in [-0.25, -0.2) is 8.42 Å². The fourth-order valence-corrected chi connectivity index (χ4v) is 4.05. The van der Waals surface area contributed by atoms with Gasteiger partial charge < -0.3 is 10.1 Å². The summed E-state index contributed by atoms with van der Waals surface area (Å²) in [6.45, 7) is 5.95. The SMILES string of the molecule is Cc1ccc(S(=O)(=O)Nc2ccccc2C(=O)N[C@@H](C)COc2ccccc2C)cc1. The molecule has 162 valence electrons. The molecule has 3 rings (SSSR count). The molecule has 0 heterocycles. The van der Waals surface area contributed by atoms with Crippen molar-refractivity contribution in [3.8, 4) is 5.75 Å². The van der Waals surface area contributed by atoms with Gasteiger partial charge in [0.1, 0.15) is 12.4 Å². The molecule has 0 saturated carbocycles. The van der Waals surface area contributed by atoms with Crippen LogP contribution in [0.15, 0.2) is 77.7 Å². The van der Waals surface area contributed by atoms with Crippen molar-refractivity contribution in [2.45, 2.75) is 31.7 Å². The van der Waals surface area contributed by atoms with Gasteiger partial charge in [-0.15, -0.1) is 0 Å². The van der Waals surface area contributed by atoms with Crippen LogP contribution >= 0.6 is 0 Å². The first-order valence-electron chi connectivity index (χ1n) is 9.94. The Hall–Kier alpha value is -3.32. The van der Waals surface area contributed by atoms with Gasteiger partial charge in [0.05, 0.1) is 22.2 Å². The highest BCUT2D eigenvalue weighted by Gasteiger charge is 2.19. The molecule has 0 radical (unpaired) electrons. The number of hydrogen-bond acceptors (Lipinski definition) is 4. The molecule has 3 aromatic rings. The van der Waals surface area contributed by atoms with E-state index in [4.69, 9.17) is 4.74 Å². The van der Waals surface area contributed by atoms with E-state index in [0.29, 0.717) is 0 Å².